The van der Waals surface area contributed by atoms with E-state index in [0.29, 0.717) is 13.2 Å². The Labute approximate surface area is 89.6 Å². The van der Waals surface area contributed by atoms with Crippen LogP contribution in [0.25, 0.3) is 0 Å². The lowest BCUT2D eigenvalue weighted by Crippen LogP contribution is -2.33. The fraction of sp³-hybridized carbons (Fsp3) is 0.818. The predicted molar refractivity (Wildman–Crippen MR) is 54.5 cm³/mol. The normalized spacial score (nSPS) is 22.0. The first-order valence-corrected chi connectivity index (χ1v) is 5.38. The van der Waals surface area contributed by atoms with Crippen molar-refractivity contribution in [2.24, 2.45) is 17.8 Å². The summed E-state index contributed by atoms with van der Waals surface area (Å²) in [5.41, 5.74) is 0. The van der Waals surface area contributed by atoms with Gasteiger partial charge in [-0.1, -0.05) is 13.8 Å². The number of ether oxygens (including phenoxy) is 1. The molecule has 86 valence electrons. The van der Waals surface area contributed by atoms with Crippen LogP contribution in [0.3, 0.4) is 0 Å². The van der Waals surface area contributed by atoms with Crippen LogP contribution in [0.15, 0.2) is 0 Å². The molecule has 2 atom stereocenters. The van der Waals surface area contributed by atoms with Gasteiger partial charge in [0.1, 0.15) is 5.78 Å². The summed E-state index contributed by atoms with van der Waals surface area (Å²) in [4.78, 5) is 22.7. The van der Waals surface area contributed by atoms with Crippen LogP contribution in [0.2, 0.25) is 0 Å². The number of aliphatic carboxylic acids is 1. The molecule has 1 N–H and O–H groups in total. The molecular weight excluding hydrogens is 196 g/mol. The third-order valence-electron chi connectivity index (χ3n) is 3.21. The Bertz CT molecular complexity index is 243. The van der Waals surface area contributed by atoms with Gasteiger partial charge in [0.15, 0.2) is 0 Å². The molecule has 0 bridgehead atoms. The SMILES string of the molecule is CC(C(=O)O)C(C)C(=O)C1CCOCC1. The van der Waals surface area contributed by atoms with Crippen LogP contribution >= 0.6 is 0 Å². The van der Waals surface area contributed by atoms with Gasteiger partial charge < -0.3 is 9.84 Å². The molecule has 1 rings (SSSR count). The van der Waals surface area contributed by atoms with E-state index in [1.54, 1.807) is 13.8 Å². The highest BCUT2D eigenvalue weighted by molar-refractivity contribution is 5.87. The zero-order valence-corrected chi connectivity index (χ0v) is 9.23. The Kier molecular flexibility index (Phi) is 4.27. The van der Waals surface area contributed by atoms with E-state index >= 15 is 0 Å². The maximum Gasteiger partial charge on any atom is 0.306 e. The number of carbonyl (C=O) groups excluding carboxylic acids is 1. The van der Waals surface area contributed by atoms with Crippen molar-refractivity contribution in [3.8, 4) is 0 Å². The summed E-state index contributed by atoms with van der Waals surface area (Å²) in [5.74, 6) is -1.82. The van der Waals surface area contributed by atoms with Gasteiger partial charge >= 0.3 is 5.97 Å². The third kappa shape index (κ3) is 3.02. The Morgan fingerprint density at radius 3 is 2.20 bits per heavy atom. The summed E-state index contributed by atoms with van der Waals surface area (Å²) in [7, 11) is 0. The number of ketones is 1. The molecule has 0 aromatic rings. The maximum atomic E-state index is 11.9. The fourth-order valence-electron chi connectivity index (χ4n) is 1.81. The first-order chi connectivity index (χ1) is 7.04. The largest absolute Gasteiger partial charge is 0.481 e. The summed E-state index contributed by atoms with van der Waals surface area (Å²) in [6.45, 7) is 4.52. The molecule has 4 heteroatoms. The molecule has 0 aromatic heterocycles. The van der Waals surface area contributed by atoms with Gasteiger partial charge in [0.05, 0.1) is 5.92 Å². The van der Waals surface area contributed by atoms with Crippen LogP contribution in [0, 0.1) is 17.8 Å². The number of carbonyl (C=O) groups is 2. The Morgan fingerprint density at radius 2 is 1.73 bits per heavy atom. The molecule has 0 amide bonds. The second kappa shape index (κ2) is 5.26. The zero-order chi connectivity index (χ0) is 11.4. The van der Waals surface area contributed by atoms with Gasteiger partial charge in [-0.2, -0.15) is 0 Å². The Morgan fingerprint density at radius 1 is 1.20 bits per heavy atom. The van der Waals surface area contributed by atoms with E-state index in [9.17, 15) is 9.59 Å². The fourth-order valence-corrected chi connectivity index (χ4v) is 1.81. The molecule has 1 aliphatic rings. The van der Waals surface area contributed by atoms with Crippen LogP contribution < -0.4 is 0 Å². The topological polar surface area (TPSA) is 63.6 Å². The van der Waals surface area contributed by atoms with Crippen molar-refractivity contribution in [1.82, 2.24) is 0 Å². The zero-order valence-electron chi connectivity index (χ0n) is 9.23. The lowest BCUT2D eigenvalue weighted by Gasteiger charge is -2.25. The Hall–Kier alpha value is -0.900. The van der Waals surface area contributed by atoms with Crippen LogP contribution in [-0.4, -0.2) is 30.1 Å². The molecular formula is C11H18O4. The van der Waals surface area contributed by atoms with Gasteiger partial charge in [-0.25, -0.2) is 0 Å². The summed E-state index contributed by atoms with van der Waals surface area (Å²) in [6.07, 6.45) is 1.46. The van der Waals surface area contributed by atoms with Crippen molar-refractivity contribution in [3.05, 3.63) is 0 Å². The van der Waals surface area contributed by atoms with Crippen LogP contribution in [0.1, 0.15) is 26.7 Å². The maximum absolute atomic E-state index is 11.9. The standard InChI is InChI=1S/C11H18O4/c1-7(8(2)11(13)14)10(12)9-3-5-15-6-4-9/h7-9H,3-6H2,1-2H3,(H,13,14). The van der Waals surface area contributed by atoms with Crippen molar-refractivity contribution in [2.75, 3.05) is 13.2 Å². The highest BCUT2D eigenvalue weighted by Gasteiger charge is 2.31. The van der Waals surface area contributed by atoms with E-state index in [1.807, 2.05) is 0 Å². The van der Waals surface area contributed by atoms with Gasteiger partial charge in [-0.3, -0.25) is 9.59 Å². The molecule has 0 saturated carbocycles. The van der Waals surface area contributed by atoms with Gasteiger partial charge in [0.2, 0.25) is 0 Å². The Balaban J connectivity index is 2.54. The van der Waals surface area contributed by atoms with Gasteiger partial charge in [0.25, 0.3) is 0 Å². The smallest absolute Gasteiger partial charge is 0.306 e. The van der Waals surface area contributed by atoms with E-state index in [4.69, 9.17) is 9.84 Å². The molecule has 15 heavy (non-hydrogen) atoms. The molecule has 1 saturated heterocycles. The molecule has 0 spiro atoms. The molecule has 4 nitrogen and oxygen atoms in total. The summed E-state index contributed by atoms with van der Waals surface area (Å²) in [5, 5.41) is 8.82. The van der Waals surface area contributed by atoms with Gasteiger partial charge in [-0.15, -0.1) is 0 Å². The molecule has 0 aromatic carbocycles. The van der Waals surface area contributed by atoms with Crippen molar-refractivity contribution >= 4 is 11.8 Å². The number of hydrogen-bond donors (Lipinski definition) is 1. The minimum atomic E-state index is -0.900. The number of carboxylic acid groups (broad SMARTS) is 1. The van der Waals surface area contributed by atoms with E-state index in [0.717, 1.165) is 12.8 Å². The first-order valence-electron chi connectivity index (χ1n) is 5.38. The van der Waals surface area contributed by atoms with Crippen LogP contribution in [0.5, 0.6) is 0 Å². The summed E-state index contributed by atoms with van der Waals surface area (Å²) in [6, 6.07) is 0. The second-order valence-corrected chi connectivity index (χ2v) is 4.20. The molecule has 1 fully saturated rings. The highest BCUT2D eigenvalue weighted by atomic mass is 16.5. The third-order valence-corrected chi connectivity index (χ3v) is 3.21. The monoisotopic (exact) mass is 214 g/mol. The number of carboxylic acids is 1. The quantitative estimate of drug-likeness (QED) is 0.767. The highest BCUT2D eigenvalue weighted by Crippen LogP contribution is 2.23. The molecule has 1 heterocycles. The number of Topliss-reactive ketones (excluding diaryl/α,β-unsaturated/α-hetero) is 1. The molecule has 1 aliphatic heterocycles. The van der Waals surface area contributed by atoms with Crippen LogP contribution in [-0.2, 0) is 14.3 Å². The van der Waals surface area contributed by atoms with Crippen molar-refractivity contribution < 1.29 is 19.4 Å². The average Bonchev–Trinajstić information content (AvgIpc) is 2.27. The van der Waals surface area contributed by atoms with Crippen LogP contribution in [0.4, 0.5) is 0 Å². The molecule has 0 radical (unpaired) electrons. The van der Waals surface area contributed by atoms with Gasteiger partial charge in [-0.05, 0) is 12.8 Å². The van der Waals surface area contributed by atoms with E-state index in [2.05, 4.69) is 0 Å². The minimum Gasteiger partial charge on any atom is -0.481 e. The van der Waals surface area contributed by atoms with Crippen molar-refractivity contribution in [3.63, 3.8) is 0 Å². The summed E-state index contributed by atoms with van der Waals surface area (Å²) >= 11 is 0. The first kappa shape index (κ1) is 12.2. The predicted octanol–water partition coefficient (Wildman–Crippen LogP) is 1.34. The van der Waals surface area contributed by atoms with Crippen molar-refractivity contribution in [2.45, 2.75) is 26.7 Å². The van der Waals surface area contributed by atoms with E-state index in [1.165, 1.54) is 0 Å². The molecule has 0 aliphatic carbocycles. The molecule has 2 unspecified atom stereocenters. The van der Waals surface area contributed by atoms with E-state index in [-0.39, 0.29) is 11.7 Å². The lowest BCUT2D eigenvalue weighted by molar-refractivity contribution is -0.147. The average molecular weight is 214 g/mol. The van der Waals surface area contributed by atoms with E-state index < -0.39 is 17.8 Å². The number of rotatable bonds is 4. The minimum absolute atomic E-state index is 0.00412. The summed E-state index contributed by atoms with van der Waals surface area (Å²) < 4.78 is 5.17. The lowest BCUT2D eigenvalue weighted by atomic mass is 9.82. The van der Waals surface area contributed by atoms with Crippen molar-refractivity contribution in [1.29, 1.82) is 0 Å². The number of hydrogen-bond acceptors (Lipinski definition) is 3. The second-order valence-electron chi connectivity index (χ2n) is 4.20. The van der Waals surface area contributed by atoms with Gasteiger partial charge in [0, 0.05) is 25.0 Å².